The van der Waals surface area contributed by atoms with Gasteiger partial charge in [0.05, 0.1) is 11.6 Å². The van der Waals surface area contributed by atoms with E-state index in [1.54, 1.807) is 0 Å². The first-order chi connectivity index (χ1) is 6.65. The molecular weight excluding hydrogens is 211 g/mol. The van der Waals surface area contributed by atoms with Crippen LogP contribution in [0, 0.1) is 5.82 Å². The Morgan fingerprint density at radius 3 is 2.86 bits per heavy atom. The topological polar surface area (TPSA) is 49.7 Å². The van der Waals surface area contributed by atoms with Crippen LogP contribution in [-0.4, -0.2) is 29.5 Å². The Bertz CT molecular complexity index is 306. The first kappa shape index (κ1) is 11.2. The van der Waals surface area contributed by atoms with E-state index in [2.05, 4.69) is 0 Å². The minimum absolute atomic E-state index is 0.0370. The fourth-order valence-electron chi connectivity index (χ4n) is 0.834. The van der Waals surface area contributed by atoms with Gasteiger partial charge in [-0.2, -0.15) is 0 Å². The maximum absolute atomic E-state index is 13.2. The van der Waals surface area contributed by atoms with Gasteiger partial charge in [-0.15, -0.1) is 0 Å². The Hall–Kier alpha value is -0.840. The van der Waals surface area contributed by atoms with Gasteiger partial charge >= 0.3 is 0 Å². The molecule has 14 heavy (non-hydrogen) atoms. The van der Waals surface area contributed by atoms with Gasteiger partial charge < -0.3 is 14.9 Å². The second kappa shape index (κ2) is 5.14. The van der Waals surface area contributed by atoms with Crippen LogP contribution in [0.4, 0.5) is 4.39 Å². The molecule has 0 aromatic heterocycles. The number of benzene rings is 1. The summed E-state index contributed by atoms with van der Waals surface area (Å²) in [6, 6.07) is 4.32. The summed E-state index contributed by atoms with van der Waals surface area (Å²) >= 11 is 5.50. The molecule has 3 nitrogen and oxygen atoms in total. The van der Waals surface area contributed by atoms with E-state index in [0.717, 1.165) is 0 Å². The third kappa shape index (κ3) is 2.83. The van der Waals surface area contributed by atoms with Crippen molar-refractivity contribution in [2.24, 2.45) is 0 Å². The van der Waals surface area contributed by atoms with Gasteiger partial charge in [0.2, 0.25) is 0 Å². The lowest BCUT2D eigenvalue weighted by Gasteiger charge is -2.10. The van der Waals surface area contributed by atoms with Crippen molar-refractivity contribution >= 4 is 11.6 Å². The van der Waals surface area contributed by atoms with Crippen LogP contribution >= 0.6 is 11.6 Å². The maximum atomic E-state index is 13.2. The molecule has 0 aliphatic heterocycles. The van der Waals surface area contributed by atoms with Crippen LogP contribution in [0.3, 0.4) is 0 Å². The van der Waals surface area contributed by atoms with E-state index in [1.165, 1.54) is 18.2 Å². The lowest BCUT2D eigenvalue weighted by atomic mass is 10.3. The van der Waals surface area contributed by atoms with Gasteiger partial charge in [-0.3, -0.25) is 0 Å². The Kier molecular flexibility index (Phi) is 4.13. The van der Waals surface area contributed by atoms with E-state index in [9.17, 15) is 4.39 Å². The molecule has 0 saturated heterocycles. The smallest absolute Gasteiger partial charge is 0.183 e. The van der Waals surface area contributed by atoms with Crippen LogP contribution in [0.1, 0.15) is 0 Å². The van der Waals surface area contributed by atoms with E-state index in [1.807, 2.05) is 0 Å². The van der Waals surface area contributed by atoms with Crippen molar-refractivity contribution in [2.45, 2.75) is 6.10 Å². The molecule has 0 saturated carbocycles. The fraction of sp³-hybridized carbons (Fsp3) is 0.333. The van der Waals surface area contributed by atoms with Crippen LogP contribution in [0.15, 0.2) is 18.2 Å². The summed E-state index contributed by atoms with van der Waals surface area (Å²) in [4.78, 5) is 0. The number of hydrogen-bond acceptors (Lipinski definition) is 3. The molecule has 0 radical (unpaired) electrons. The molecule has 0 aliphatic rings. The Morgan fingerprint density at radius 1 is 1.50 bits per heavy atom. The summed E-state index contributed by atoms with van der Waals surface area (Å²) in [7, 11) is 0. The van der Waals surface area contributed by atoms with E-state index < -0.39 is 18.5 Å². The number of aliphatic hydroxyl groups is 2. The predicted molar refractivity (Wildman–Crippen MR) is 50.0 cm³/mol. The van der Waals surface area contributed by atoms with Crippen LogP contribution in [0.25, 0.3) is 0 Å². The molecule has 2 N–H and O–H groups in total. The third-order valence-electron chi connectivity index (χ3n) is 1.56. The zero-order valence-electron chi connectivity index (χ0n) is 7.28. The van der Waals surface area contributed by atoms with Gasteiger partial charge in [-0.25, -0.2) is 4.39 Å². The van der Waals surface area contributed by atoms with Crippen molar-refractivity contribution in [3.05, 3.63) is 29.0 Å². The monoisotopic (exact) mass is 220 g/mol. The predicted octanol–water partition coefficient (Wildman–Crippen LogP) is 1.21. The quantitative estimate of drug-likeness (QED) is 0.802. The highest BCUT2D eigenvalue weighted by atomic mass is 35.5. The van der Waals surface area contributed by atoms with Crippen LogP contribution in [-0.2, 0) is 0 Å². The Morgan fingerprint density at radius 2 is 2.21 bits per heavy atom. The fourth-order valence-corrected chi connectivity index (χ4v) is 1.00. The largest absolute Gasteiger partial charge is 0.488 e. The number of rotatable bonds is 4. The van der Waals surface area contributed by atoms with Gasteiger partial charge in [0.15, 0.2) is 11.6 Å². The minimum Gasteiger partial charge on any atom is -0.488 e. The standard InChI is InChI=1S/C9H10ClFO3/c10-7-2-1-3-8(9(7)11)14-5-6(13)4-12/h1-3,6,12-13H,4-5H2. The molecule has 0 spiro atoms. The van der Waals surface area contributed by atoms with Gasteiger partial charge in [0.1, 0.15) is 12.7 Å². The highest BCUT2D eigenvalue weighted by molar-refractivity contribution is 6.30. The van der Waals surface area contributed by atoms with Crippen LogP contribution < -0.4 is 4.74 Å². The normalized spacial score (nSPS) is 12.6. The average molecular weight is 221 g/mol. The van der Waals surface area contributed by atoms with Gasteiger partial charge in [-0.05, 0) is 12.1 Å². The molecule has 1 aromatic rings. The van der Waals surface area contributed by atoms with Crippen molar-refractivity contribution in [3.63, 3.8) is 0 Å². The summed E-state index contributed by atoms with van der Waals surface area (Å²) in [6.45, 7) is -0.601. The highest BCUT2D eigenvalue weighted by Gasteiger charge is 2.09. The maximum Gasteiger partial charge on any atom is 0.183 e. The van der Waals surface area contributed by atoms with E-state index in [-0.39, 0.29) is 17.4 Å². The minimum atomic E-state index is -1.02. The lowest BCUT2D eigenvalue weighted by Crippen LogP contribution is -2.21. The summed E-state index contributed by atoms with van der Waals surface area (Å²) in [6.07, 6.45) is -1.02. The molecule has 0 fully saturated rings. The zero-order valence-corrected chi connectivity index (χ0v) is 8.04. The van der Waals surface area contributed by atoms with Crippen molar-refractivity contribution in [3.8, 4) is 5.75 Å². The average Bonchev–Trinajstić information content (AvgIpc) is 2.20. The first-order valence-electron chi connectivity index (χ1n) is 4.01. The van der Waals surface area contributed by atoms with E-state index in [4.69, 9.17) is 26.6 Å². The molecular formula is C9H10ClFO3. The number of ether oxygens (including phenoxy) is 1. The zero-order chi connectivity index (χ0) is 10.6. The van der Waals surface area contributed by atoms with Crippen molar-refractivity contribution in [1.29, 1.82) is 0 Å². The number of aliphatic hydroxyl groups excluding tert-OH is 2. The molecule has 78 valence electrons. The molecule has 0 bridgehead atoms. The van der Waals surface area contributed by atoms with Crippen molar-refractivity contribution < 1.29 is 19.3 Å². The summed E-state index contributed by atoms with van der Waals surface area (Å²) in [5, 5.41) is 17.4. The second-order valence-corrected chi connectivity index (χ2v) is 3.11. The van der Waals surface area contributed by atoms with Crippen molar-refractivity contribution in [1.82, 2.24) is 0 Å². The lowest BCUT2D eigenvalue weighted by molar-refractivity contribution is 0.0523. The highest BCUT2D eigenvalue weighted by Crippen LogP contribution is 2.23. The molecule has 1 atom stereocenters. The summed E-state index contributed by atoms with van der Waals surface area (Å²) in [5.41, 5.74) is 0. The third-order valence-corrected chi connectivity index (χ3v) is 1.85. The molecule has 5 heteroatoms. The van der Waals surface area contributed by atoms with E-state index in [0.29, 0.717) is 0 Å². The number of hydrogen-bond donors (Lipinski definition) is 2. The SMILES string of the molecule is OCC(O)COc1cccc(Cl)c1F. The molecule has 0 aliphatic carbocycles. The summed E-state index contributed by atoms with van der Waals surface area (Å²) < 4.78 is 18.1. The van der Waals surface area contributed by atoms with Gasteiger partial charge in [-0.1, -0.05) is 17.7 Å². The van der Waals surface area contributed by atoms with Gasteiger partial charge in [0, 0.05) is 0 Å². The molecule has 1 unspecified atom stereocenters. The molecule has 1 rings (SSSR count). The first-order valence-corrected chi connectivity index (χ1v) is 4.38. The summed E-state index contributed by atoms with van der Waals surface area (Å²) in [5.74, 6) is -0.704. The Labute approximate surface area is 85.7 Å². The second-order valence-electron chi connectivity index (χ2n) is 2.70. The van der Waals surface area contributed by atoms with Crippen molar-refractivity contribution in [2.75, 3.05) is 13.2 Å². The van der Waals surface area contributed by atoms with Gasteiger partial charge in [0.25, 0.3) is 0 Å². The Balaban J connectivity index is 2.63. The molecule has 0 amide bonds. The van der Waals surface area contributed by atoms with Crippen LogP contribution in [0.5, 0.6) is 5.75 Å². The number of halogens is 2. The molecule has 1 aromatic carbocycles. The van der Waals surface area contributed by atoms with E-state index >= 15 is 0 Å². The van der Waals surface area contributed by atoms with Crippen LogP contribution in [0.2, 0.25) is 5.02 Å². The molecule has 0 heterocycles.